The maximum absolute atomic E-state index is 11.9. The molecule has 1 aromatic heterocycles. The van der Waals surface area contributed by atoms with Gasteiger partial charge in [0.05, 0.1) is 0 Å². The van der Waals surface area contributed by atoms with Gasteiger partial charge in [0.15, 0.2) is 0 Å². The highest BCUT2D eigenvalue weighted by molar-refractivity contribution is 9.09. The van der Waals surface area contributed by atoms with Crippen LogP contribution in [0.15, 0.2) is 24.4 Å². The van der Waals surface area contributed by atoms with Gasteiger partial charge < -0.3 is 4.90 Å². The van der Waals surface area contributed by atoms with E-state index in [-0.39, 0.29) is 5.91 Å². The van der Waals surface area contributed by atoms with Crippen molar-refractivity contribution in [3.05, 3.63) is 30.1 Å². The molecule has 0 unspecified atom stereocenters. The van der Waals surface area contributed by atoms with E-state index in [9.17, 15) is 4.79 Å². The lowest BCUT2D eigenvalue weighted by atomic mass is 10.3. The predicted octanol–water partition coefficient (Wildman–Crippen LogP) is 2.33. The van der Waals surface area contributed by atoms with Gasteiger partial charge in [-0.15, -0.1) is 0 Å². The summed E-state index contributed by atoms with van der Waals surface area (Å²) >= 11 is 3.36. The molecule has 82 valence electrons. The van der Waals surface area contributed by atoms with E-state index >= 15 is 0 Å². The highest BCUT2D eigenvalue weighted by Gasteiger charge is 2.13. The number of hydrogen-bond acceptors (Lipinski definition) is 2. The number of carbonyl (C=O) groups excluding carboxylic acids is 1. The monoisotopic (exact) mass is 270 g/mol. The van der Waals surface area contributed by atoms with E-state index in [2.05, 4.69) is 20.9 Å². The molecule has 4 heteroatoms. The summed E-state index contributed by atoms with van der Waals surface area (Å²) in [6.45, 7) is 3.48. The van der Waals surface area contributed by atoms with E-state index in [1.165, 1.54) is 0 Å². The van der Waals surface area contributed by atoms with Crippen LogP contribution in [0.25, 0.3) is 0 Å². The highest BCUT2D eigenvalue weighted by atomic mass is 79.9. The minimum atomic E-state index is 0.0130. The number of rotatable bonds is 5. The van der Waals surface area contributed by atoms with Gasteiger partial charge in [0.2, 0.25) is 0 Å². The molecule has 15 heavy (non-hydrogen) atoms. The third kappa shape index (κ3) is 3.63. The molecule has 0 fully saturated rings. The van der Waals surface area contributed by atoms with Gasteiger partial charge in [-0.3, -0.25) is 9.78 Å². The van der Waals surface area contributed by atoms with Crippen LogP contribution in [0.4, 0.5) is 0 Å². The quantitative estimate of drug-likeness (QED) is 0.770. The molecule has 0 atom stereocenters. The Labute approximate surface area is 98.6 Å². The van der Waals surface area contributed by atoms with Crippen molar-refractivity contribution in [2.45, 2.75) is 13.3 Å². The lowest BCUT2D eigenvalue weighted by Crippen LogP contribution is -2.32. The van der Waals surface area contributed by atoms with Crippen LogP contribution in [0.3, 0.4) is 0 Å². The van der Waals surface area contributed by atoms with Crippen molar-refractivity contribution in [2.75, 3.05) is 18.4 Å². The van der Waals surface area contributed by atoms with Crippen molar-refractivity contribution in [3.8, 4) is 0 Å². The summed E-state index contributed by atoms with van der Waals surface area (Å²) in [5, 5.41) is 0.916. The third-order valence-corrected chi connectivity index (χ3v) is 2.68. The molecule has 0 aliphatic heterocycles. The molecule has 1 rings (SSSR count). The minimum Gasteiger partial charge on any atom is -0.338 e. The number of alkyl halides is 1. The zero-order chi connectivity index (χ0) is 11.1. The van der Waals surface area contributed by atoms with Crippen LogP contribution >= 0.6 is 15.9 Å². The van der Waals surface area contributed by atoms with Gasteiger partial charge in [-0.1, -0.05) is 22.0 Å². The van der Waals surface area contributed by atoms with Crippen molar-refractivity contribution >= 4 is 21.8 Å². The zero-order valence-electron chi connectivity index (χ0n) is 8.82. The lowest BCUT2D eigenvalue weighted by Gasteiger charge is -2.19. The van der Waals surface area contributed by atoms with Gasteiger partial charge in [0.25, 0.3) is 5.91 Å². The lowest BCUT2D eigenvalue weighted by molar-refractivity contribution is 0.0759. The molecule has 0 radical (unpaired) electrons. The zero-order valence-corrected chi connectivity index (χ0v) is 10.4. The van der Waals surface area contributed by atoms with Crippen LogP contribution < -0.4 is 0 Å². The topological polar surface area (TPSA) is 33.2 Å². The molecule has 1 aromatic rings. The number of carbonyl (C=O) groups is 1. The SMILES string of the molecule is CCN(CCCBr)C(=O)c1ccccn1. The molecular weight excluding hydrogens is 256 g/mol. The van der Waals surface area contributed by atoms with Crippen molar-refractivity contribution in [2.24, 2.45) is 0 Å². The second-order valence-corrected chi connectivity index (χ2v) is 3.94. The van der Waals surface area contributed by atoms with Crippen LogP contribution in [0.1, 0.15) is 23.8 Å². The van der Waals surface area contributed by atoms with Crippen molar-refractivity contribution in [3.63, 3.8) is 0 Å². The molecule has 0 bridgehead atoms. The van der Waals surface area contributed by atoms with Gasteiger partial charge in [-0.25, -0.2) is 0 Å². The molecule has 0 N–H and O–H groups in total. The van der Waals surface area contributed by atoms with Crippen LogP contribution in [-0.2, 0) is 0 Å². The fourth-order valence-corrected chi connectivity index (χ4v) is 1.56. The molecule has 0 aliphatic rings. The maximum atomic E-state index is 11.9. The Bertz CT molecular complexity index is 303. The van der Waals surface area contributed by atoms with Crippen molar-refractivity contribution in [1.82, 2.24) is 9.88 Å². The first-order chi connectivity index (χ1) is 7.29. The summed E-state index contributed by atoms with van der Waals surface area (Å²) in [4.78, 5) is 17.8. The van der Waals surface area contributed by atoms with Crippen molar-refractivity contribution < 1.29 is 4.79 Å². The molecule has 0 aliphatic carbocycles. The largest absolute Gasteiger partial charge is 0.338 e. The predicted molar refractivity (Wildman–Crippen MR) is 64.2 cm³/mol. The Hall–Kier alpha value is -0.900. The average molecular weight is 271 g/mol. The van der Waals surface area contributed by atoms with Gasteiger partial charge in [-0.2, -0.15) is 0 Å². The second-order valence-electron chi connectivity index (χ2n) is 3.14. The number of hydrogen-bond donors (Lipinski definition) is 0. The van der Waals surface area contributed by atoms with Gasteiger partial charge >= 0.3 is 0 Å². The standard InChI is InChI=1S/C11H15BrN2O/c1-2-14(9-5-7-12)11(15)10-6-3-4-8-13-10/h3-4,6,8H,2,5,7,9H2,1H3. The van der Waals surface area contributed by atoms with E-state index in [4.69, 9.17) is 0 Å². The fourth-order valence-electron chi connectivity index (χ4n) is 1.31. The highest BCUT2D eigenvalue weighted by Crippen LogP contribution is 2.02. The Balaban J connectivity index is 2.65. The molecular formula is C11H15BrN2O. The molecule has 1 amide bonds. The molecule has 3 nitrogen and oxygen atoms in total. The maximum Gasteiger partial charge on any atom is 0.272 e. The Morgan fingerprint density at radius 2 is 2.33 bits per heavy atom. The van der Waals surface area contributed by atoms with Crippen LogP contribution in [0.5, 0.6) is 0 Å². The van der Waals surface area contributed by atoms with Crippen molar-refractivity contribution in [1.29, 1.82) is 0 Å². The number of aromatic nitrogens is 1. The smallest absolute Gasteiger partial charge is 0.272 e. The molecule has 0 saturated carbocycles. The summed E-state index contributed by atoms with van der Waals surface area (Å²) in [7, 11) is 0. The van der Waals surface area contributed by atoms with E-state index in [0.29, 0.717) is 5.69 Å². The summed E-state index contributed by atoms with van der Waals surface area (Å²) in [6.07, 6.45) is 2.61. The van der Waals surface area contributed by atoms with Gasteiger partial charge in [0.1, 0.15) is 5.69 Å². The van der Waals surface area contributed by atoms with Crippen LogP contribution in [0, 0.1) is 0 Å². The molecule has 0 aromatic carbocycles. The number of nitrogens with zero attached hydrogens (tertiary/aromatic N) is 2. The number of pyridine rings is 1. The Kier molecular flexibility index (Phi) is 5.32. The van der Waals surface area contributed by atoms with Crippen LogP contribution in [-0.4, -0.2) is 34.2 Å². The summed E-state index contributed by atoms with van der Waals surface area (Å²) in [6, 6.07) is 5.39. The third-order valence-electron chi connectivity index (χ3n) is 2.11. The van der Waals surface area contributed by atoms with E-state index < -0.39 is 0 Å². The minimum absolute atomic E-state index is 0.0130. The summed E-state index contributed by atoms with van der Waals surface area (Å²) in [5.41, 5.74) is 0.522. The van der Waals surface area contributed by atoms with Crippen LogP contribution in [0.2, 0.25) is 0 Å². The van der Waals surface area contributed by atoms with Gasteiger partial charge in [0, 0.05) is 24.6 Å². The first-order valence-electron chi connectivity index (χ1n) is 5.06. The first-order valence-corrected chi connectivity index (χ1v) is 6.18. The van der Waals surface area contributed by atoms with E-state index in [1.54, 1.807) is 12.3 Å². The number of halogens is 1. The molecule has 1 heterocycles. The summed E-state index contributed by atoms with van der Waals surface area (Å²) < 4.78 is 0. The average Bonchev–Trinajstić information content (AvgIpc) is 2.31. The summed E-state index contributed by atoms with van der Waals surface area (Å²) in [5.74, 6) is 0.0130. The van der Waals surface area contributed by atoms with E-state index in [1.807, 2.05) is 24.0 Å². The van der Waals surface area contributed by atoms with Gasteiger partial charge in [-0.05, 0) is 25.5 Å². The Morgan fingerprint density at radius 1 is 1.53 bits per heavy atom. The molecule has 0 saturated heterocycles. The van der Waals surface area contributed by atoms with E-state index in [0.717, 1.165) is 24.8 Å². The Morgan fingerprint density at radius 3 is 2.87 bits per heavy atom. The normalized spacial score (nSPS) is 10.0. The fraction of sp³-hybridized carbons (Fsp3) is 0.455. The molecule has 0 spiro atoms. The first kappa shape index (κ1) is 12.2. The second kappa shape index (κ2) is 6.56. The number of amides is 1.